The maximum Gasteiger partial charge on any atom is 0.254 e. The number of nitrogens with zero attached hydrogens (tertiary/aromatic N) is 13. The number of pyridine rings is 2. The average Bonchev–Trinajstić information content (AvgIpc) is 0.830. The summed E-state index contributed by atoms with van der Waals surface area (Å²) in [5.74, 6) is 3.37. The monoisotopic (exact) mass is 1640 g/mol. The average molecular weight is 1650 g/mol. The number of halogens is 1. The number of aryl methyl sites for hydroxylation is 6. The molecule has 121 heavy (non-hydrogen) atoms. The first kappa shape index (κ1) is 86.2. The predicted octanol–water partition coefficient (Wildman–Crippen LogP) is 14.4. The normalized spacial score (nSPS) is 17.2. The number of benzene rings is 7. The summed E-state index contributed by atoms with van der Waals surface area (Å²) in [6, 6.07) is 57.1. The third kappa shape index (κ3) is 20.8. The molecule has 0 spiro atoms. The van der Waals surface area contributed by atoms with Crippen LogP contribution in [-0.4, -0.2) is 188 Å². The minimum Gasteiger partial charge on any atom is -0.394 e. The van der Waals surface area contributed by atoms with Crippen LogP contribution in [-0.2, 0) is 9.73 Å². The van der Waals surface area contributed by atoms with E-state index >= 15 is 0 Å². The number of terminal acetylenes is 1. The Hall–Kier alpha value is -12.7. The molecular weight excluding hydrogens is 1540 g/mol. The minimum absolute atomic E-state index is 0.00838. The van der Waals surface area contributed by atoms with Crippen molar-refractivity contribution >= 4 is 78.9 Å². The highest BCUT2D eigenvalue weighted by Crippen LogP contribution is 2.35. The highest BCUT2D eigenvalue weighted by atomic mass is 32.2. The van der Waals surface area contributed by atoms with Crippen molar-refractivity contribution < 1.29 is 28.1 Å². The number of hydrogen-bond acceptors (Lipinski definition) is 20. The Morgan fingerprint density at radius 3 is 1.27 bits per heavy atom. The van der Waals surface area contributed by atoms with Gasteiger partial charge < -0.3 is 65.6 Å². The van der Waals surface area contributed by atoms with E-state index in [1.54, 1.807) is 23.2 Å². The maximum atomic E-state index is 13.8. The third-order valence-electron chi connectivity index (χ3n) is 24.3. The second kappa shape index (κ2) is 39.5. The number of nitrogens with one attached hydrogen (secondary N) is 5. The minimum atomic E-state index is -2.91. The molecule has 0 saturated carbocycles. The number of amides is 3. The van der Waals surface area contributed by atoms with Crippen LogP contribution in [0.3, 0.4) is 0 Å². The van der Waals surface area contributed by atoms with E-state index in [1.165, 1.54) is 24.6 Å². The lowest BCUT2D eigenvalue weighted by molar-refractivity contribution is 0.0696. The lowest BCUT2D eigenvalue weighted by Crippen LogP contribution is -2.56. The molecule has 6 saturated heterocycles. The Bertz CT molecular complexity index is 5520. The SMILES string of the molecule is C#Cc1ccccc1N1CCC(NC(=O)c2cc(NC3CCN(c4ccccc4C#N)CC3)c(C)cc2C)CC1.Cc1cc(C)c(C(=O)N2CCN(c3cc(F)ccn3)[C@@H](CO)C2)cc1NC1CCN(c2ccccc2C#N)CC1.Cc1cc(C)c(C(=O)N2CCN(c3ncccc3[S@](C)(=N)=O)CC2)cc1NC1CCN(c2ccccc2C#N)CC1. The van der Waals surface area contributed by atoms with E-state index in [-0.39, 0.29) is 54.3 Å². The predicted molar refractivity (Wildman–Crippen MR) is 481 cm³/mol. The van der Waals surface area contributed by atoms with Crippen molar-refractivity contribution in [1.82, 2.24) is 25.1 Å². The van der Waals surface area contributed by atoms with Gasteiger partial charge in [-0.15, -0.1) is 6.42 Å². The van der Waals surface area contributed by atoms with Gasteiger partial charge in [-0.3, -0.25) is 14.4 Å². The van der Waals surface area contributed by atoms with Gasteiger partial charge in [-0.25, -0.2) is 23.3 Å². The van der Waals surface area contributed by atoms with Crippen LogP contribution in [0.1, 0.15) is 138 Å². The molecule has 6 fully saturated rings. The Kier molecular flexibility index (Phi) is 28.1. The smallest absolute Gasteiger partial charge is 0.254 e. The van der Waals surface area contributed by atoms with Crippen LogP contribution >= 0.6 is 0 Å². The fourth-order valence-corrected chi connectivity index (χ4v) is 18.4. The van der Waals surface area contributed by atoms with Crippen molar-refractivity contribution in [1.29, 1.82) is 20.6 Å². The highest BCUT2D eigenvalue weighted by molar-refractivity contribution is 7.91. The van der Waals surface area contributed by atoms with Crippen molar-refractivity contribution in [2.24, 2.45) is 0 Å². The molecule has 6 aliphatic heterocycles. The second-order valence-electron chi connectivity index (χ2n) is 32.5. The number of para-hydroxylation sites is 4. The summed E-state index contributed by atoms with van der Waals surface area (Å²) < 4.78 is 34.3. The molecule has 25 heteroatoms. The van der Waals surface area contributed by atoms with Gasteiger partial charge in [0.25, 0.3) is 17.7 Å². The standard InChI is InChI=1S/C34H37N5O.C31H35FN6O2.C31H37N7O2S/c1-4-26-9-5-7-11-32(26)38-19-15-29(16-20-38)37-34(40)30-22-31(25(3)21-24(30)2)36-28-13-17-39(18-14-28)33-12-8-6-10-27(33)23-35;1-21-15-22(2)28(35-25-8-11-36(12-9-25)29-6-4-3-5-23(29)18-33)17-27(21)31(40)37-13-14-38(26(19-37)20-39)30-16-24(32)7-10-34-30;1-22-19-23(2)27(35-25-10-13-36(14-11-25)28-8-5-4-7-24(28)21-32)20-26(22)31(39)38-17-15-37(16-18-38)30-29(41(3,33)40)9-6-12-34-30/h1,5-12,21-22,28-29,36H,13-20H2,2-3H3,(H,37,40);3-7,10,15-17,25-26,35,39H,8-9,11-14,19-20H2,1-2H3;4-9,12,19-20,25,33,35H,10-11,13-18H2,1-3H3/t;26-;41-/m.11/s1. The van der Waals surface area contributed by atoms with E-state index < -0.39 is 9.73 Å². The number of nitriles is 3. The van der Waals surface area contributed by atoms with Crippen LogP contribution in [0.5, 0.6) is 0 Å². The summed E-state index contributed by atoms with van der Waals surface area (Å²) in [5, 5.41) is 52.9. The summed E-state index contributed by atoms with van der Waals surface area (Å²) >= 11 is 0. The van der Waals surface area contributed by atoms with Gasteiger partial charge in [0.05, 0.1) is 66.7 Å². The zero-order valence-corrected chi connectivity index (χ0v) is 71.1. The first-order chi connectivity index (χ1) is 58.5. The Labute approximate surface area is 711 Å². The molecule has 7 aromatic carbocycles. The van der Waals surface area contributed by atoms with Gasteiger partial charge in [-0.1, -0.05) is 72.7 Å². The van der Waals surface area contributed by atoms with Gasteiger partial charge in [0.2, 0.25) is 0 Å². The Balaban J connectivity index is 0.000000157. The molecule has 626 valence electrons. The number of aliphatic hydroxyl groups excluding tert-OH is 1. The summed E-state index contributed by atoms with van der Waals surface area (Å²) in [7, 11) is -2.91. The number of aliphatic hydroxyl groups is 1. The van der Waals surface area contributed by atoms with Crippen molar-refractivity contribution in [3.63, 3.8) is 0 Å². The van der Waals surface area contributed by atoms with E-state index in [0.717, 1.165) is 194 Å². The summed E-state index contributed by atoms with van der Waals surface area (Å²) in [6.07, 6.45) is 17.6. The number of carbonyl (C=O) groups excluding carboxylic acids is 3. The number of hydrogen-bond donors (Lipinski definition) is 6. The quantitative estimate of drug-likeness (QED) is 0.0435. The first-order valence-corrected chi connectivity index (χ1v) is 43.9. The largest absolute Gasteiger partial charge is 0.394 e. The van der Waals surface area contributed by atoms with E-state index in [4.69, 9.17) is 11.2 Å². The molecule has 0 radical (unpaired) electrons. The van der Waals surface area contributed by atoms with Crippen LogP contribution in [0.4, 0.5) is 55.8 Å². The number of rotatable bonds is 18. The third-order valence-corrected chi connectivity index (χ3v) is 25.5. The highest BCUT2D eigenvalue weighted by Gasteiger charge is 2.34. The van der Waals surface area contributed by atoms with Crippen LogP contribution in [0.25, 0.3) is 0 Å². The van der Waals surface area contributed by atoms with Crippen molar-refractivity contribution in [3.8, 4) is 30.6 Å². The summed E-state index contributed by atoms with van der Waals surface area (Å²) in [4.78, 5) is 66.5. The van der Waals surface area contributed by atoms with Crippen LogP contribution < -0.4 is 50.7 Å². The topological polar surface area (TPSA) is 284 Å². The fourth-order valence-electron chi connectivity index (χ4n) is 17.5. The summed E-state index contributed by atoms with van der Waals surface area (Å²) in [6.45, 7) is 22.3. The molecule has 9 aromatic rings. The Morgan fingerprint density at radius 1 is 0.471 bits per heavy atom. The number of carbonyl (C=O) groups is 3. The van der Waals surface area contributed by atoms with E-state index in [1.807, 2.05) is 151 Å². The first-order valence-electron chi connectivity index (χ1n) is 42.0. The van der Waals surface area contributed by atoms with Crippen molar-refractivity contribution in [2.45, 2.75) is 128 Å². The van der Waals surface area contributed by atoms with E-state index in [9.17, 15) is 43.9 Å². The van der Waals surface area contributed by atoms with Crippen LogP contribution in [0, 0.1) is 98.5 Å². The lowest BCUT2D eigenvalue weighted by atomic mass is 9.98. The van der Waals surface area contributed by atoms with E-state index in [0.29, 0.717) is 90.6 Å². The van der Waals surface area contributed by atoms with Crippen molar-refractivity contribution in [3.05, 3.63) is 248 Å². The molecule has 8 heterocycles. The Morgan fingerprint density at radius 2 is 0.860 bits per heavy atom. The van der Waals surface area contributed by atoms with Crippen LogP contribution in [0.2, 0.25) is 0 Å². The van der Waals surface area contributed by atoms with Gasteiger partial charge in [0.15, 0.2) is 0 Å². The number of anilines is 9. The zero-order valence-electron chi connectivity index (χ0n) is 70.3. The number of aromatic nitrogens is 2. The maximum absolute atomic E-state index is 13.8. The van der Waals surface area contributed by atoms with Gasteiger partial charge in [0, 0.05) is 186 Å². The molecule has 0 aliphatic carbocycles. The lowest BCUT2D eigenvalue weighted by Gasteiger charge is -2.41. The van der Waals surface area contributed by atoms with Gasteiger partial charge >= 0.3 is 0 Å². The van der Waals surface area contributed by atoms with Crippen LogP contribution in [0.15, 0.2) is 175 Å². The zero-order chi connectivity index (χ0) is 85.4. The molecule has 6 aliphatic rings. The van der Waals surface area contributed by atoms with E-state index in [2.05, 4.69) is 114 Å². The number of piperidine rings is 4. The molecular formula is C96H109FN18O5S. The number of piperazine rings is 2. The molecule has 23 nitrogen and oxygen atoms in total. The fraction of sp³-hybridized carbons (Fsp3) is 0.375. The summed E-state index contributed by atoms with van der Waals surface area (Å²) in [5.41, 5.74) is 18.4. The molecule has 2 aromatic heterocycles. The van der Waals surface area contributed by atoms with Gasteiger partial charge in [-0.2, -0.15) is 15.8 Å². The molecule has 2 atom stereocenters. The molecule has 0 bridgehead atoms. The van der Waals surface area contributed by atoms with Crippen molar-refractivity contribution in [2.75, 3.05) is 156 Å². The molecule has 6 N–H and O–H groups in total. The second-order valence-corrected chi connectivity index (χ2v) is 34.6. The molecule has 15 rings (SSSR count). The molecule has 0 unspecified atom stereocenters. The van der Waals surface area contributed by atoms with Gasteiger partial charge in [0.1, 0.15) is 35.7 Å². The molecule has 3 amide bonds. The van der Waals surface area contributed by atoms with Gasteiger partial charge in [-0.05, 0) is 211 Å².